The zero-order chi connectivity index (χ0) is 6.41. The zero-order valence-electron chi connectivity index (χ0n) is 4.19. The van der Waals surface area contributed by atoms with Crippen molar-refractivity contribution in [1.29, 1.82) is 0 Å². The first kappa shape index (κ1) is 7.63. The standard InChI is InChI=1S/C5H5ClO2/c6-2-1-5(3-7)4-8/h5H,1-2H2. The van der Waals surface area contributed by atoms with Crippen LogP contribution in [0.2, 0.25) is 0 Å². The molecule has 0 rings (SSSR count). The molecular formula is C5H5ClO2. The van der Waals surface area contributed by atoms with E-state index >= 15 is 0 Å². The number of hydrogen-bond acceptors (Lipinski definition) is 2. The third-order valence-electron chi connectivity index (χ3n) is 0.682. The highest BCUT2D eigenvalue weighted by atomic mass is 35.5. The Hall–Kier alpha value is -0.370. The third-order valence-corrected chi connectivity index (χ3v) is 0.901. The van der Waals surface area contributed by atoms with Crippen LogP contribution in [0.5, 0.6) is 0 Å². The molecular weight excluding hydrogens is 128 g/mol. The van der Waals surface area contributed by atoms with Crippen molar-refractivity contribution in [3.63, 3.8) is 0 Å². The van der Waals surface area contributed by atoms with Gasteiger partial charge in [-0.25, -0.2) is 0 Å². The highest BCUT2D eigenvalue weighted by Crippen LogP contribution is 1.95. The van der Waals surface area contributed by atoms with E-state index in [4.69, 9.17) is 11.6 Å². The molecule has 0 aromatic carbocycles. The lowest BCUT2D eigenvalue weighted by atomic mass is 10.1. The fourth-order valence-corrected chi connectivity index (χ4v) is 0.469. The van der Waals surface area contributed by atoms with Gasteiger partial charge in [-0.2, -0.15) is 0 Å². The normalized spacial score (nSPS) is 9.25. The van der Waals surface area contributed by atoms with Crippen LogP contribution in [0, 0.1) is 5.92 Å². The fraction of sp³-hybridized carbons (Fsp3) is 0.600. The third kappa shape index (κ3) is 2.75. The molecule has 2 nitrogen and oxygen atoms in total. The highest BCUT2D eigenvalue weighted by molar-refractivity contribution is 6.18. The predicted octanol–water partition coefficient (Wildman–Crippen LogP) is 0.451. The average molecular weight is 133 g/mol. The molecule has 0 N–H and O–H groups in total. The van der Waals surface area contributed by atoms with Crippen LogP contribution in [0.4, 0.5) is 0 Å². The van der Waals surface area contributed by atoms with Gasteiger partial charge in [-0.3, -0.25) is 9.59 Å². The van der Waals surface area contributed by atoms with E-state index in [1.165, 1.54) is 12.6 Å². The monoisotopic (exact) mass is 132 g/mol. The average Bonchev–Trinajstić information content (AvgIpc) is 1.83. The van der Waals surface area contributed by atoms with E-state index in [-0.39, 0.29) is 0 Å². The Labute approximate surface area is 52.8 Å². The molecule has 8 heavy (non-hydrogen) atoms. The van der Waals surface area contributed by atoms with E-state index in [0.717, 1.165) is 0 Å². The molecule has 0 saturated heterocycles. The van der Waals surface area contributed by atoms with Crippen molar-refractivity contribution in [2.45, 2.75) is 6.42 Å². The predicted molar refractivity (Wildman–Crippen MR) is 30.2 cm³/mol. The summed E-state index contributed by atoms with van der Waals surface area (Å²) in [6.45, 7) is 0. The summed E-state index contributed by atoms with van der Waals surface area (Å²) in [5.41, 5.74) is 0. The number of hydrogen-bond donors (Lipinski definition) is 0. The molecule has 0 aromatic heterocycles. The maximum Gasteiger partial charge on any atom is 0.210 e. The van der Waals surface area contributed by atoms with Crippen LogP contribution in [0.15, 0.2) is 0 Å². The summed E-state index contributed by atoms with van der Waals surface area (Å²) in [5.74, 6) is -0.442. The zero-order valence-corrected chi connectivity index (χ0v) is 4.94. The maximum absolute atomic E-state index is 9.68. The first-order chi connectivity index (χ1) is 3.85. The summed E-state index contributed by atoms with van der Waals surface area (Å²) in [5, 5.41) is 0. The SMILES string of the molecule is O=[C]C([C]=O)CCCl. The first-order valence-corrected chi connectivity index (χ1v) is 2.70. The molecule has 0 fully saturated rings. The fourth-order valence-electron chi connectivity index (χ4n) is 0.251. The van der Waals surface area contributed by atoms with Crippen LogP contribution in [0.25, 0.3) is 0 Å². The molecule has 0 atom stereocenters. The number of alkyl halides is 1. The first-order valence-electron chi connectivity index (χ1n) is 2.16. The quantitative estimate of drug-likeness (QED) is 0.411. The molecule has 0 aliphatic heterocycles. The van der Waals surface area contributed by atoms with Gasteiger partial charge in [0.2, 0.25) is 12.6 Å². The lowest BCUT2D eigenvalue weighted by Gasteiger charge is -1.90. The second kappa shape index (κ2) is 4.78. The van der Waals surface area contributed by atoms with Crippen LogP contribution in [0.3, 0.4) is 0 Å². The minimum absolute atomic E-state index is 0.301. The van der Waals surface area contributed by atoms with Gasteiger partial charge in [0.25, 0.3) is 0 Å². The van der Waals surface area contributed by atoms with Crippen molar-refractivity contribution in [3.05, 3.63) is 0 Å². The summed E-state index contributed by atoms with van der Waals surface area (Å²) in [6.07, 6.45) is 3.33. The molecule has 0 aromatic rings. The second-order valence-corrected chi connectivity index (χ2v) is 1.64. The maximum atomic E-state index is 9.68. The lowest BCUT2D eigenvalue weighted by Crippen LogP contribution is -2.02. The Balaban J connectivity index is 3.35. The van der Waals surface area contributed by atoms with Gasteiger partial charge >= 0.3 is 0 Å². The van der Waals surface area contributed by atoms with Gasteiger partial charge in [-0.05, 0) is 6.42 Å². The minimum Gasteiger partial charge on any atom is -0.290 e. The Morgan fingerprint density at radius 2 is 1.88 bits per heavy atom. The van der Waals surface area contributed by atoms with Crippen LogP contribution in [-0.4, -0.2) is 18.5 Å². The van der Waals surface area contributed by atoms with Crippen molar-refractivity contribution in [2.24, 2.45) is 5.92 Å². The molecule has 0 heterocycles. The van der Waals surface area contributed by atoms with Crippen molar-refractivity contribution in [2.75, 3.05) is 5.88 Å². The van der Waals surface area contributed by atoms with Crippen LogP contribution in [-0.2, 0) is 9.59 Å². The number of carbonyl (C=O) groups excluding carboxylic acids is 2. The molecule has 0 aliphatic rings. The molecule has 0 bridgehead atoms. The smallest absolute Gasteiger partial charge is 0.210 e. The van der Waals surface area contributed by atoms with E-state index in [0.29, 0.717) is 12.3 Å². The van der Waals surface area contributed by atoms with Crippen molar-refractivity contribution < 1.29 is 9.59 Å². The van der Waals surface area contributed by atoms with E-state index in [2.05, 4.69) is 0 Å². The Kier molecular flexibility index (Phi) is 4.56. The molecule has 0 spiro atoms. The summed E-state index contributed by atoms with van der Waals surface area (Å²) in [7, 11) is 0. The Morgan fingerprint density at radius 3 is 2.00 bits per heavy atom. The Morgan fingerprint density at radius 1 is 1.38 bits per heavy atom. The largest absolute Gasteiger partial charge is 0.290 e. The van der Waals surface area contributed by atoms with E-state index < -0.39 is 5.92 Å². The molecule has 0 aliphatic carbocycles. The van der Waals surface area contributed by atoms with Crippen molar-refractivity contribution >= 4 is 24.2 Å². The number of rotatable bonds is 4. The molecule has 44 valence electrons. The molecule has 0 saturated carbocycles. The van der Waals surface area contributed by atoms with Gasteiger partial charge in [0.15, 0.2) is 0 Å². The van der Waals surface area contributed by atoms with E-state index in [1.807, 2.05) is 0 Å². The van der Waals surface area contributed by atoms with Crippen molar-refractivity contribution in [3.8, 4) is 0 Å². The van der Waals surface area contributed by atoms with Gasteiger partial charge < -0.3 is 0 Å². The van der Waals surface area contributed by atoms with Crippen LogP contribution >= 0.6 is 11.6 Å². The minimum atomic E-state index is -0.743. The summed E-state index contributed by atoms with van der Waals surface area (Å²) >= 11 is 5.20. The van der Waals surface area contributed by atoms with Crippen LogP contribution in [0.1, 0.15) is 6.42 Å². The summed E-state index contributed by atoms with van der Waals surface area (Å²) in [6, 6.07) is 0. The van der Waals surface area contributed by atoms with Gasteiger partial charge in [-0.1, -0.05) is 0 Å². The van der Waals surface area contributed by atoms with Gasteiger partial charge in [-0.15, -0.1) is 11.6 Å². The summed E-state index contributed by atoms with van der Waals surface area (Å²) < 4.78 is 0. The molecule has 2 radical (unpaired) electrons. The topological polar surface area (TPSA) is 34.1 Å². The summed E-state index contributed by atoms with van der Waals surface area (Å²) in [4.78, 5) is 19.4. The number of halogens is 1. The molecule has 3 heteroatoms. The second-order valence-electron chi connectivity index (χ2n) is 1.27. The van der Waals surface area contributed by atoms with E-state index in [9.17, 15) is 9.59 Å². The van der Waals surface area contributed by atoms with Crippen LogP contribution < -0.4 is 0 Å². The highest BCUT2D eigenvalue weighted by Gasteiger charge is 2.04. The molecule has 0 amide bonds. The Bertz CT molecular complexity index is 74.5. The van der Waals surface area contributed by atoms with E-state index in [1.54, 1.807) is 0 Å². The van der Waals surface area contributed by atoms with Gasteiger partial charge in [0, 0.05) is 5.88 Å². The molecule has 0 unspecified atom stereocenters. The van der Waals surface area contributed by atoms with Crippen molar-refractivity contribution in [1.82, 2.24) is 0 Å². The van der Waals surface area contributed by atoms with Gasteiger partial charge in [0.05, 0.1) is 5.92 Å². The van der Waals surface area contributed by atoms with Gasteiger partial charge in [0.1, 0.15) is 0 Å². The lowest BCUT2D eigenvalue weighted by molar-refractivity contribution is 0.515.